The lowest BCUT2D eigenvalue weighted by Gasteiger charge is -2.21. The van der Waals surface area contributed by atoms with Crippen molar-refractivity contribution in [3.05, 3.63) is 70.8 Å². The lowest BCUT2D eigenvalue weighted by Crippen LogP contribution is -2.32. The molecule has 1 aliphatic rings. The zero-order chi connectivity index (χ0) is 23.8. The minimum absolute atomic E-state index is 0.00691. The molecule has 1 saturated carbocycles. The summed E-state index contributed by atoms with van der Waals surface area (Å²) in [4.78, 5) is 17.5. The largest absolute Gasteiger partial charge is 0.340 e. The normalized spacial score (nSPS) is 14.8. The highest BCUT2D eigenvalue weighted by Gasteiger charge is 2.32. The number of nitrogens with zero attached hydrogens (tertiary/aromatic N) is 3. The van der Waals surface area contributed by atoms with Crippen molar-refractivity contribution in [1.29, 1.82) is 0 Å². The zero-order valence-corrected chi connectivity index (χ0v) is 20.1. The lowest BCUT2D eigenvalue weighted by atomic mass is 10.0. The second-order valence-electron chi connectivity index (χ2n) is 8.44. The third-order valence-corrected chi connectivity index (χ3v) is 7.56. The van der Waals surface area contributed by atoms with Crippen molar-refractivity contribution >= 4 is 33.2 Å². The average molecular weight is 489 g/mol. The van der Waals surface area contributed by atoms with Crippen LogP contribution in [0.2, 0.25) is 5.02 Å². The van der Waals surface area contributed by atoms with Gasteiger partial charge in [-0.1, -0.05) is 42.7 Å². The molecule has 0 spiro atoms. The second kappa shape index (κ2) is 9.15. The van der Waals surface area contributed by atoms with Gasteiger partial charge in [0.05, 0.1) is 10.6 Å². The van der Waals surface area contributed by atoms with Gasteiger partial charge < -0.3 is 9.84 Å². The van der Waals surface area contributed by atoms with Gasteiger partial charge in [0.2, 0.25) is 5.89 Å². The molecule has 3 aromatic rings. The molecule has 1 atom stereocenters. The molecule has 174 valence electrons. The monoisotopic (exact) mass is 488 g/mol. The summed E-state index contributed by atoms with van der Waals surface area (Å²) < 4.78 is 32.9. The van der Waals surface area contributed by atoms with Crippen LogP contribution in [0.15, 0.2) is 57.9 Å². The number of rotatable bonds is 8. The van der Waals surface area contributed by atoms with Gasteiger partial charge in [0.25, 0.3) is 15.9 Å². The van der Waals surface area contributed by atoms with Gasteiger partial charge in [0.15, 0.2) is 5.82 Å². The molecule has 4 rings (SSSR count). The van der Waals surface area contributed by atoms with E-state index in [-0.39, 0.29) is 16.4 Å². The number of halogens is 1. The molecule has 1 aromatic heterocycles. The van der Waals surface area contributed by atoms with Gasteiger partial charge in [0, 0.05) is 23.6 Å². The van der Waals surface area contributed by atoms with E-state index in [9.17, 15) is 13.2 Å². The number of sulfonamides is 1. The van der Waals surface area contributed by atoms with Crippen LogP contribution in [0.1, 0.15) is 60.7 Å². The molecular weight excluding hydrogens is 464 g/mol. The van der Waals surface area contributed by atoms with Gasteiger partial charge in [0.1, 0.15) is 6.04 Å². The quantitative estimate of drug-likeness (QED) is 0.498. The smallest absolute Gasteiger partial charge is 0.264 e. The topological polar surface area (TPSA) is 105 Å². The fourth-order valence-corrected chi connectivity index (χ4v) is 4.80. The lowest BCUT2D eigenvalue weighted by molar-refractivity contribution is 0.0913. The third kappa shape index (κ3) is 5.04. The summed E-state index contributed by atoms with van der Waals surface area (Å²) in [7, 11) is -2.47. The van der Waals surface area contributed by atoms with Crippen molar-refractivity contribution in [2.24, 2.45) is 5.92 Å². The van der Waals surface area contributed by atoms with Crippen molar-refractivity contribution in [2.75, 3.05) is 11.4 Å². The molecule has 2 aromatic carbocycles. The standard InChI is InChI=1S/C23H25ClN4O4S/c1-14(2)20(23-26-21(27-32-23)15-10-11-15)25-22(29)16-6-4-9-19(12-16)33(30,31)28(3)18-8-5-7-17(24)13-18/h4-9,12-15,20H,10-11H2,1-3H3,(H,25,29). The molecule has 1 fully saturated rings. The van der Waals surface area contributed by atoms with Gasteiger partial charge in [-0.25, -0.2) is 8.42 Å². The maximum Gasteiger partial charge on any atom is 0.264 e. The average Bonchev–Trinajstić information content (AvgIpc) is 3.53. The number of benzene rings is 2. The molecule has 8 nitrogen and oxygen atoms in total. The summed E-state index contributed by atoms with van der Waals surface area (Å²) in [6.45, 7) is 3.87. The number of amides is 1. The molecule has 1 unspecified atom stereocenters. The van der Waals surface area contributed by atoms with E-state index < -0.39 is 22.0 Å². The first-order chi connectivity index (χ1) is 15.7. The van der Waals surface area contributed by atoms with Crippen molar-refractivity contribution < 1.29 is 17.7 Å². The highest BCUT2D eigenvalue weighted by molar-refractivity contribution is 7.92. The summed E-state index contributed by atoms with van der Waals surface area (Å²) in [6, 6.07) is 12.0. The molecule has 10 heteroatoms. The number of nitrogens with one attached hydrogen (secondary N) is 1. The number of carbonyl (C=O) groups excluding carboxylic acids is 1. The molecule has 0 aliphatic heterocycles. The van der Waals surface area contributed by atoms with Crippen LogP contribution in [0.5, 0.6) is 0 Å². The minimum Gasteiger partial charge on any atom is -0.340 e. The van der Waals surface area contributed by atoms with Crippen molar-refractivity contribution in [2.45, 2.75) is 43.5 Å². The molecule has 0 radical (unpaired) electrons. The Morgan fingerprint density at radius 2 is 1.91 bits per heavy atom. The van der Waals surface area contributed by atoms with Crippen LogP contribution in [0.25, 0.3) is 0 Å². The molecule has 1 aliphatic carbocycles. The van der Waals surface area contributed by atoms with Gasteiger partial charge in [-0.15, -0.1) is 0 Å². The van der Waals surface area contributed by atoms with Crippen LogP contribution < -0.4 is 9.62 Å². The first kappa shape index (κ1) is 23.3. The maximum atomic E-state index is 13.2. The zero-order valence-electron chi connectivity index (χ0n) is 18.5. The van der Waals surface area contributed by atoms with Crippen LogP contribution in [0, 0.1) is 5.92 Å². The molecule has 0 saturated heterocycles. The molecule has 1 N–H and O–H groups in total. The molecule has 33 heavy (non-hydrogen) atoms. The molecule has 1 heterocycles. The predicted molar refractivity (Wildman–Crippen MR) is 125 cm³/mol. The summed E-state index contributed by atoms with van der Waals surface area (Å²) in [5, 5.41) is 7.36. The van der Waals surface area contributed by atoms with E-state index in [2.05, 4.69) is 15.5 Å². The SMILES string of the molecule is CC(C)C(NC(=O)c1cccc(S(=O)(=O)N(C)c2cccc(Cl)c2)c1)c1nc(C2CC2)no1. The van der Waals surface area contributed by atoms with Crippen LogP contribution >= 0.6 is 11.6 Å². The number of anilines is 1. The molecule has 1 amide bonds. The Balaban J connectivity index is 1.56. The molecule has 0 bridgehead atoms. The number of carbonyl (C=O) groups is 1. The Hall–Kier alpha value is -2.91. The highest BCUT2D eigenvalue weighted by Crippen LogP contribution is 2.38. The fraction of sp³-hybridized carbons (Fsp3) is 0.348. The Labute approximate surface area is 198 Å². The van der Waals surface area contributed by atoms with Crippen LogP contribution in [-0.2, 0) is 10.0 Å². The summed E-state index contributed by atoms with van der Waals surface area (Å²) in [5.41, 5.74) is 0.628. The fourth-order valence-electron chi connectivity index (χ4n) is 3.39. The Kier molecular flexibility index (Phi) is 6.45. The Bertz CT molecular complexity index is 1270. The summed E-state index contributed by atoms with van der Waals surface area (Å²) in [5.74, 6) is 0.917. The van der Waals surface area contributed by atoms with Crippen LogP contribution in [0.3, 0.4) is 0 Å². The van der Waals surface area contributed by atoms with E-state index >= 15 is 0 Å². The Morgan fingerprint density at radius 3 is 2.58 bits per heavy atom. The maximum absolute atomic E-state index is 13.2. The predicted octanol–water partition coefficient (Wildman–Crippen LogP) is 4.55. The van der Waals surface area contributed by atoms with Crippen molar-refractivity contribution in [3.63, 3.8) is 0 Å². The summed E-state index contributed by atoms with van der Waals surface area (Å²) in [6.07, 6.45) is 2.09. The minimum atomic E-state index is -3.91. The molecular formula is C23H25ClN4O4S. The second-order valence-corrected chi connectivity index (χ2v) is 10.8. The third-order valence-electron chi connectivity index (χ3n) is 5.55. The van der Waals surface area contributed by atoms with Gasteiger partial charge >= 0.3 is 0 Å². The van der Waals surface area contributed by atoms with E-state index in [1.54, 1.807) is 30.3 Å². The van der Waals surface area contributed by atoms with Crippen molar-refractivity contribution in [3.8, 4) is 0 Å². The highest BCUT2D eigenvalue weighted by atomic mass is 35.5. The first-order valence-corrected chi connectivity index (χ1v) is 12.5. The number of hydrogen-bond acceptors (Lipinski definition) is 6. The summed E-state index contributed by atoms with van der Waals surface area (Å²) >= 11 is 6.01. The van der Waals surface area contributed by atoms with Gasteiger partial charge in [-0.05, 0) is 55.2 Å². The van der Waals surface area contributed by atoms with E-state index in [4.69, 9.17) is 16.1 Å². The van der Waals surface area contributed by atoms with Crippen molar-refractivity contribution in [1.82, 2.24) is 15.5 Å². The number of aromatic nitrogens is 2. The van der Waals surface area contributed by atoms with E-state index in [0.717, 1.165) is 17.1 Å². The van der Waals surface area contributed by atoms with Gasteiger partial charge in [-0.2, -0.15) is 4.98 Å². The van der Waals surface area contributed by atoms with E-state index in [0.29, 0.717) is 28.3 Å². The van der Waals surface area contributed by atoms with Crippen LogP contribution in [-0.4, -0.2) is 31.5 Å². The van der Waals surface area contributed by atoms with E-state index in [1.165, 1.54) is 25.2 Å². The first-order valence-electron chi connectivity index (χ1n) is 10.7. The van der Waals surface area contributed by atoms with Gasteiger partial charge in [-0.3, -0.25) is 9.10 Å². The Morgan fingerprint density at radius 1 is 1.18 bits per heavy atom. The van der Waals surface area contributed by atoms with Crippen LogP contribution in [0.4, 0.5) is 5.69 Å². The van der Waals surface area contributed by atoms with E-state index in [1.807, 2.05) is 13.8 Å². The number of hydrogen-bond donors (Lipinski definition) is 1.